The molecule has 3 nitrogen and oxygen atoms in total. The van der Waals surface area contributed by atoms with Crippen molar-refractivity contribution in [2.45, 2.75) is 45.6 Å². The standard InChI is InChI=1S/C16H26N2OS/c1-12-6-8-16(11-17,9-7-12)15(19)18(3)13(2)14-5-4-10-20-14/h4-5,10,12-13H,6-9,11,17H2,1-3H3. The van der Waals surface area contributed by atoms with Gasteiger partial charge < -0.3 is 10.6 Å². The molecule has 0 spiro atoms. The van der Waals surface area contributed by atoms with Crippen molar-refractivity contribution in [2.24, 2.45) is 17.1 Å². The highest BCUT2D eigenvalue weighted by Crippen LogP contribution is 2.40. The van der Waals surface area contributed by atoms with Gasteiger partial charge in [-0.25, -0.2) is 0 Å². The summed E-state index contributed by atoms with van der Waals surface area (Å²) in [5.41, 5.74) is 5.67. The molecule has 1 saturated carbocycles. The van der Waals surface area contributed by atoms with E-state index in [1.165, 1.54) is 4.88 Å². The van der Waals surface area contributed by atoms with Crippen molar-refractivity contribution >= 4 is 17.2 Å². The van der Waals surface area contributed by atoms with E-state index >= 15 is 0 Å². The lowest BCUT2D eigenvalue weighted by Gasteiger charge is -2.41. The largest absolute Gasteiger partial charge is 0.338 e. The average Bonchev–Trinajstić information content (AvgIpc) is 3.00. The van der Waals surface area contributed by atoms with E-state index in [9.17, 15) is 4.79 Å². The first-order chi connectivity index (χ1) is 9.50. The van der Waals surface area contributed by atoms with Crippen LogP contribution in [0.2, 0.25) is 0 Å². The van der Waals surface area contributed by atoms with Gasteiger partial charge in [-0.05, 0) is 50.0 Å². The number of rotatable bonds is 4. The first-order valence-corrected chi connectivity index (χ1v) is 8.39. The summed E-state index contributed by atoms with van der Waals surface area (Å²) >= 11 is 1.71. The quantitative estimate of drug-likeness (QED) is 0.925. The van der Waals surface area contributed by atoms with Crippen molar-refractivity contribution in [3.05, 3.63) is 22.4 Å². The second-order valence-corrected chi connectivity index (χ2v) is 7.25. The van der Waals surface area contributed by atoms with Gasteiger partial charge in [-0.2, -0.15) is 0 Å². The second-order valence-electron chi connectivity index (χ2n) is 6.27. The van der Waals surface area contributed by atoms with Crippen LogP contribution in [0.1, 0.15) is 50.4 Å². The molecule has 0 radical (unpaired) electrons. The highest BCUT2D eigenvalue weighted by atomic mass is 32.1. The Morgan fingerprint density at radius 2 is 2.20 bits per heavy atom. The lowest BCUT2D eigenvalue weighted by Crippen LogP contribution is -2.49. The molecule has 1 amide bonds. The summed E-state index contributed by atoms with van der Waals surface area (Å²) in [5, 5.41) is 2.06. The number of amides is 1. The average molecular weight is 294 g/mol. The molecule has 0 aromatic carbocycles. The minimum absolute atomic E-state index is 0.130. The van der Waals surface area contributed by atoms with Crippen LogP contribution < -0.4 is 5.73 Å². The Kier molecular flexibility index (Phi) is 4.86. The Labute approximate surface area is 126 Å². The van der Waals surface area contributed by atoms with E-state index in [1.54, 1.807) is 11.3 Å². The first kappa shape index (κ1) is 15.5. The Bertz CT molecular complexity index is 435. The van der Waals surface area contributed by atoms with Crippen LogP contribution >= 0.6 is 11.3 Å². The maximum atomic E-state index is 12.9. The normalized spacial score (nSPS) is 28.1. The number of hydrogen-bond acceptors (Lipinski definition) is 3. The third-order valence-corrected chi connectivity index (χ3v) is 5.97. The summed E-state index contributed by atoms with van der Waals surface area (Å²) in [6.45, 7) is 4.84. The maximum absolute atomic E-state index is 12.9. The first-order valence-electron chi connectivity index (χ1n) is 7.51. The van der Waals surface area contributed by atoms with Crippen LogP contribution in [0.3, 0.4) is 0 Å². The van der Waals surface area contributed by atoms with Gasteiger partial charge in [0.25, 0.3) is 0 Å². The summed E-state index contributed by atoms with van der Waals surface area (Å²) in [4.78, 5) is 16.1. The Morgan fingerprint density at radius 3 is 2.70 bits per heavy atom. The fourth-order valence-corrected chi connectivity index (χ4v) is 3.92. The third kappa shape index (κ3) is 2.91. The smallest absolute Gasteiger partial charge is 0.230 e. The zero-order chi connectivity index (χ0) is 14.8. The zero-order valence-electron chi connectivity index (χ0n) is 12.8. The molecular formula is C16H26N2OS. The summed E-state index contributed by atoms with van der Waals surface area (Å²) in [6.07, 6.45) is 4.10. The Hall–Kier alpha value is -0.870. The van der Waals surface area contributed by atoms with Crippen LogP contribution in [0.15, 0.2) is 17.5 Å². The van der Waals surface area contributed by atoms with E-state index in [-0.39, 0.29) is 17.4 Å². The Balaban J connectivity index is 2.12. The van der Waals surface area contributed by atoms with Gasteiger partial charge in [-0.3, -0.25) is 4.79 Å². The van der Waals surface area contributed by atoms with Gasteiger partial charge in [0.2, 0.25) is 5.91 Å². The van der Waals surface area contributed by atoms with Crippen LogP contribution in [-0.4, -0.2) is 24.4 Å². The van der Waals surface area contributed by atoms with Crippen molar-refractivity contribution in [1.82, 2.24) is 4.90 Å². The second kappa shape index (κ2) is 6.27. The molecule has 1 fully saturated rings. The molecule has 1 aliphatic carbocycles. The predicted molar refractivity (Wildman–Crippen MR) is 84.6 cm³/mol. The van der Waals surface area contributed by atoms with E-state index in [1.807, 2.05) is 18.0 Å². The number of hydrogen-bond donors (Lipinski definition) is 1. The lowest BCUT2D eigenvalue weighted by atomic mass is 9.70. The third-order valence-electron chi connectivity index (χ3n) is 4.93. The fraction of sp³-hybridized carbons (Fsp3) is 0.688. The van der Waals surface area contributed by atoms with Crippen molar-refractivity contribution < 1.29 is 4.79 Å². The zero-order valence-corrected chi connectivity index (χ0v) is 13.6. The van der Waals surface area contributed by atoms with Crippen molar-refractivity contribution in [3.63, 3.8) is 0 Å². The summed E-state index contributed by atoms with van der Waals surface area (Å²) in [7, 11) is 1.92. The summed E-state index contributed by atoms with van der Waals surface area (Å²) in [5.74, 6) is 0.954. The van der Waals surface area contributed by atoms with E-state index in [0.717, 1.165) is 31.6 Å². The molecule has 1 aromatic heterocycles. The molecule has 4 heteroatoms. The van der Waals surface area contributed by atoms with Gasteiger partial charge in [0.05, 0.1) is 11.5 Å². The molecule has 1 aromatic rings. The minimum atomic E-state index is -0.327. The predicted octanol–water partition coefficient (Wildman–Crippen LogP) is 3.42. The molecule has 0 bridgehead atoms. The van der Waals surface area contributed by atoms with Gasteiger partial charge in [0.1, 0.15) is 0 Å². The number of nitrogens with two attached hydrogens (primary N) is 1. The van der Waals surface area contributed by atoms with Gasteiger partial charge in [0, 0.05) is 18.5 Å². The molecule has 1 atom stereocenters. The van der Waals surface area contributed by atoms with Crippen LogP contribution in [-0.2, 0) is 4.79 Å². The van der Waals surface area contributed by atoms with E-state index in [4.69, 9.17) is 5.73 Å². The van der Waals surface area contributed by atoms with Crippen LogP contribution in [0.4, 0.5) is 0 Å². The molecule has 1 unspecified atom stereocenters. The number of thiophene rings is 1. The van der Waals surface area contributed by atoms with Crippen LogP contribution in [0.25, 0.3) is 0 Å². The molecule has 1 aliphatic rings. The summed E-state index contributed by atoms with van der Waals surface area (Å²) in [6, 6.07) is 4.26. The minimum Gasteiger partial charge on any atom is -0.338 e. The summed E-state index contributed by atoms with van der Waals surface area (Å²) < 4.78 is 0. The fourth-order valence-electron chi connectivity index (χ4n) is 3.09. The van der Waals surface area contributed by atoms with Gasteiger partial charge >= 0.3 is 0 Å². The van der Waals surface area contributed by atoms with Gasteiger partial charge in [-0.1, -0.05) is 13.0 Å². The van der Waals surface area contributed by atoms with Crippen molar-refractivity contribution in [2.75, 3.05) is 13.6 Å². The maximum Gasteiger partial charge on any atom is 0.230 e. The molecular weight excluding hydrogens is 268 g/mol. The SMILES string of the molecule is CC1CCC(CN)(C(=O)N(C)C(C)c2cccs2)CC1. The van der Waals surface area contributed by atoms with E-state index < -0.39 is 0 Å². The molecule has 2 rings (SSSR count). The number of carbonyl (C=O) groups excluding carboxylic acids is 1. The number of nitrogens with zero attached hydrogens (tertiary/aromatic N) is 1. The molecule has 1 heterocycles. The van der Waals surface area contributed by atoms with Crippen molar-refractivity contribution in [3.8, 4) is 0 Å². The molecule has 2 N–H and O–H groups in total. The van der Waals surface area contributed by atoms with E-state index in [0.29, 0.717) is 6.54 Å². The lowest BCUT2D eigenvalue weighted by molar-refractivity contribution is -0.144. The number of carbonyl (C=O) groups is 1. The Morgan fingerprint density at radius 1 is 1.55 bits per heavy atom. The molecule has 0 saturated heterocycles. The van der Waals surface area contributed by atoms with Crippen LogP contribution in [0.5, 0.6) is 0 Å². The molecule has 0 aliphatic heterocycles. The molecule has 112 valence electrons. The van der Waals surface area contributed by atoms with Crippen LogP contribution in [0, 0.1) is 11.3 Å². The monoisotopic (exact) mass is 294 g/mol. The van der Waals surface area contributed by atoms with Gasteiger partial charge in [0.15, 0.2) is 0 Å². The highest BCUT2D eigenvalue weighted by molar-refractivity contribution is 7.10. The highest BCUT2D eigenvalue weighted by Gasteiger charge is 2.42. The van der Waals surface area contributed by atoms with Gasteiger partial charge in [-0.15, -0.1) is 11.3 Å². The topological polar surface area (TPSA) is 46.3 Å². The van der Waals surface area contributed by atoms with Crippen molar-refractivity contribution in [1.29, 1.82) is 0 Å². The van der Waals surface area contributed by atoms with E-state index in [2.05, 4.69) is 25.3 Å². The molecule has 20 heavy (non-hydrogen) atoms.